The first-order valence-corrected chi connectivity index (χ1v) is 6.27. The van der Waals surface area contributed by atoms with Crippen molar-refractivity contribution >= 4 is 22.6 Å². The predicted molar refractivity (Wildman–Crippen MR) is 73.5 cm³/mol. The van der Waals surface area contributed by atoms with Gasteiger partial charge in [0.15, 0.2) is 0 Å². The molecule has 0 saturated heterocycles. The summed E-state index contributed by atoms with van der Waals surface area (Å²) >= 11 is 2.20. The van der Waals surface area contributed by atoms with Gasteiger partial charge in [-0.3, -0.25) is 0 Å². The highest BCUT2D eigenvalue weighted by atomic mass is 127. The van der Waals surface area contributed by atoms with Gasteiger partial charge in [-0.05, 0) is 41.6 Å². The molecule has 0 bridgehead atoms. The Bertz CT molecular complexity index is 523. The molecule has 2 rings (SSSR count). The van der Waals surface area contributed by atoms with Crippen molar-refractivity contribution in [1.29, 1.82) is 0 Å². The van der Waals surface area contributed by atoms with Crippen LogP contribution in [0.25, 0.3) is 5.69 Å². The summed E-state index contributed by atoms with van der Waals surface area (Å²) in [7, 11) is 1.60. The van der Waals surface area contributed by atoms with Crippen molar-refractivity contribution in [3.63, 3.8) is 0 Å². The average molecular weight is 344 g/mol. The van der Waals surface area contributed by atoms with Crippen LogP contribution in [-0.2, 0) is 0 Å². The lowest BCUT2D eigenvalue weighted by molar-refractivity contribution is 0.194. The Balaban J connectivity index is 2.60. The van der Waals surface area contributed by atoms with E-state index in [9.17, 15) is 5.11 Å². The molecule has 0 aliphatic heterocycles. The highest BCUT2D eigenvalue weighted by Gasteiger charge is 2.15. The van der Waals surface area contributed by atoms with Gasteiger partial charge in [-0.1, -0.05) is 6.07 Å². The molecule has 90 valence electrons. The van der Waals surface area contributed by atoms with E-state index < -0.39 is 6.10 Å². The Hall–Kier alpha value is -1.08. The minimum atomic E-state index is -0.608. The SMILES string of the molecule is COc1cccc(-n2cc(I)cn2)c1C(C)O. The topological polar surface area (TPSA) is 47.3 Å². The molecule has 1 N–H and O–H groups in total. The molecular weight excluding hydrogens is 331 g/mol. The van der Waals surface area contributed by atoms with E-state index in [4.69, 9.17) is 4.74 Å². The molecule has 5 heteroatoms. The van der Waals surface area contributed by atoms with Crippen LogP contribution >= 0.6 is 22.6 Å². The highest BCUT2D eigenvalue weighted by molar-refractivity contribution is 14.1. The second-order valence-corrected chi connectivity index (χ2v) is 4.92. The van der Waals surface area contributed by atoms with Crippen LogP contribution in [0.5, 0.6) is 5.75 Å². The molecule has 1 atom stereocenters. The third-order valence-corrected chi connectivity index (χ3v) is 3.04. The summed E-state index contributed by atoms with van der Waals surface area (Å²) < 4.78 is 8.06. The molecule has 1 unspecified atom stereocenters. The fourth-order valence-corrected chi connectivity index (χ4v) is 2.15. The van der Waals surface area contributed by atoms with Gasteiger partial charge in [0.05, 0.1) is 28.7 Å². The normalized spacial score (nSPS) is 12.5. The number of halogens is 1. The van der Waals surface area contributed by atoms with Crippen LogP contribution in [0.4, 0.5) is 0 Å². The fourth-order valence-electron chi connectivity index (χ4n) is 1.76. The number of ether oxygens (including phenoxy) is 1. The van der Waals surface area contributed by atoms with Gasteiger partial charge in [0.1, 0.15) is 5.75 Å². The third-order valence-electron chi connectivity index (χ3n) is 2.48. The van der Waals surface area contributed by atoms with E-state index in [1.165, 1.54) is 0 Å². The number of hydrogen-bond donors (Lipinski definition) is 1. The summed E-state index contributed by atoms with van der Waals surface area (Å²) in [5.41, 5.74) is 1.58. The van der Waals surface area contributed by atoms with Crippen molar-refractivity contribution in [3.05, 3.63) is 39.7 Å². The van der Waals surface area contributed by atoms with Gasteiger partial charge in [0.2, 0.25) is 0 Å². The minimum absolute atomic E-state index is 0.608. The van der Waals surface area contributed by atoms with Gasteiger partial charge in [0, 0.05) is 11.8 Å². The smallest absolute Gasteiger partial charge is 0.126 e. The number of benzene rings is 1. The second kappa shape index (κ2) is 5.05. The number of hydrogen-bond acceptors (Lipinski definition) is 3. The molecule has 0 aliphatic carbocycles. The molecule has 0 aliphatic rings. The van der Waals surface area contributed by atoms with Crippen molar-refractivity contribution in [2.45, 2.75) is 13.0 Å². The zero-order valence-electron chi connectivity index (χ0n) is 9.59. The van der Waals surface area contributed by atoms with Crippen LogP contribution in [0.15, 0.2) is 30.6 Å². The summed E-state index contributed by atoms with van der Waals surface area (Å²) in [5, 5.41) is 14.1. The molecule has 4 nitrogen and oxygen atoms in total. The van der Waals surface area contributed by atoms with E-state index in [0.29, 0.717) is 5.75 Å². The van der Waals surface area contributed by atoms with Crippen molar-refractivity contribution < 1.29 is 9.84 Å². The number of aliphatic hydroxyl groups is 1. The largest absolute Gasteiger partial charge is 0.496 e. The number of aliphatic hydroxyl groups excluding tert-OH is 1. The van der Waals surface area contributed by atoms with E-state index in [-0.39, 0.29) is 0 Å². The molecule has 1 aromatic carbocycles. The number of methoxy groups -OCH3 is 1. The molecule has 0 saturated carbocycles. The molecular formula is C12H13IN2O2. The Labute approximate surface area is 113 Å². The van der Waals surface area contributed by atoms with Crippen molar-refractivity contribution in [2.75, 3.05) is 7.11 Å². The summed E-state index contributed by atoms with van der Waals surface area (Å²) in [6.45, 7) is 1.72. The van der Waals surface area contributed by atoms with E-state index in [1.807, 2.05) is 24.4 Å². The minimum Gasteiger partial charge on any atom is -0.496 e. The van der Waals surface area contributed by atoms with Gasteiger partial charge in [0.25, 0.3) is 0 Å². The van der Waals surface area contributed by atoms with Crippen LogP contribution < -0.4 is 4.74 Å². The lowest BCUT2D eigenvalue weighted by atomic mass is 10.1. The maximum Gasteiger partial charge on any atom is 0.126 e. The lowest BCUT2D eigenvalue weighted by Gasteiger charge is -2.15. The zero-order chi connectivity index (χ0) is 12.4. The van der Waals surface area contributed by atoms with Gasteiger partial charge in [-0.25, -0.2) is 4.68 Å². The van der Waals surface area contributed by atoms with E-state index in [1.54, 1.807) is 24.9 Å². The standard InChI is InChI=1S/C12H13IN2O2/c1-8(16)12-10(4-3-5-11(12)17-2)15-7-9(13)6-14-15/h3-8,16H,1-2H3. The van der Waals surface area contributed by atoms with Crippen molar-refractivity contribution in [3.8, 4) is 11.4 Å². The van der Waals surface area contributed by atoms with Gasteiger partial charge >= 0.3 is 0 Å². The van der Waals surface area contributed by atoms with Crippen LogP contribution in [0.2, 0.25) is 0 Å². The molecule has 0 fully saturated rings. The third kappa shape index (κ3) is 2.44. The number of rotatable bonds is 3. The molecule has 1 aromatic heterocycles. The van der Waals surface area contributed by atoms with Gasteiger partial charge < -0.3 is 9.84 Å². The first kappa shape index (κ1) is 12.4. The van der Waals surface area contributed by atoms with E-state index in [2.05, 4.69) is 27.7 Å². The maximum absolute atomic E-state index is 9.86. The Kier molecular flexibility index (Phi) is 3.68. The summed E-state index contributed by atoms with van der Waals surface area (Å²) in [4.78, 5) is 0. The molecule has 1 heterocycles. The second-order valence-electron chi connectivity index (χ2n) is 3.67. The maximum atomic E-state index is 9.86. The lowest BCUT2D eigenvalue weighted by Crippen LogP contribution is -2.05. The molecule has 2 aromatic rings. The van der Waals surface area contributed by atoms with Crippen molar-refractivity contribution in [2.24, 2.45) is 0 Å². The first-order valence-electron chi connectivity index (χ1n) is 5.19. The Morgan fingerprint density at radius 1 is 1.47 bits per heavy atom. The number of aromatic nitrogens is 2. The highest BCUT2D eigenvalue weighted by Crippen LogP contribution is 2.30. The van der Waals surface area contributed by atoms with Crippen LogP contribution in [-0.4, -0.2) is 22.0 Å². The fraction of sp³-hybridized carbons (Fsp3) is 0.250. The summed E-state index contributed by atoms with van der Waals surface area (Å²) in [6.07, 6.45) is 3.07. The summed E-state index contributed by atoms with van der Waals surface area (Å²) in [5.74, 6) is 0.669. The quantitative estimate of drug-likeness (QED) is 0.871. The number of nitrogens with zero attached hydrogens (tertiary/aromatic N) is 2. The van der Waals surface area contributed by atoms with Gasteiger partial charge in [-0.2, -0.15) is 5.10 Å². The average Bonchev–Trinajstić information content (AvgIpc) is 2.74. The zero-order valence-corrected chi connectivity index (χ0v) is 11.7. The molecule has 0 spiro atoms. The summed E-state index contributed by atoms with van der Waals surface area (Å²) in [6, 6.07) is 5.63. The first-order chi connectivity index (χ1) is 8.13. The van der Waals surface area contributed by atoms with Crippen LogP contribution in [0.1, 0.15) is 18.6 Å². The Morgan fingerprint density at radius 2 is 2.24 bits per heavy atom. The molecule has 0 radical (unpaired) electrons. The monoisotopic (exact) mass is 344 g/mol. The van der Waals surface area contributed by atoms with Crippen LogP contribution in [0, 0.1) is 3.57 Å². The van der Waals surface area contributed by atoms with E-state index in [0.717, 1.165) is 14.8 Å². The van der Waals surface area contributed by atoms with E-state index >= 15 is 0 Å². The molecule has 17 heavy (non-hydrogen) atoms. The van der Waals surface area contributed by atoms with Crippen molar-refractivity contribution in [1.82, 2.24) is 9.78 Å². The predicted octanol–water partition coefficient (Wildman–Crippen LogP) is 2.54. The van der Waals surface area contributed by atoms with Gasteiger partial charge in [-0.15, -0.1) is 0 Å². The Morgan fingerprint density at radius 3 is 2.76 bits per heavy atom. The molecule has 0 amide bonds. The van der Waals surface area contributed by atoms with Crippen LogP contribution in [0.3, 0.4) is 0 Å².